The summed E-state index contributed by atoms with van der Waals surface area (Å²) in [5, 5.41) is 2.09. The standard InChI is InChI=1S/C13H13N3S/c14-8-10-3-4-16-11(6-10)9-15-13(16)7-12-2-1-5-17-12/h1-6,9H,7-8,14H2. The summed E-state index contributed by atoms with van der Waals surface area (Å²) in [4.78, 5) is 5.81. The molecule has 0 saturated heterocycles. The van der Waals surface area contributed by atoms with Crippen LogP contribution in [0.25, 0.3) is 5.52 Å². The zero-order valence-electron chi connectivity index (χ0n) is 9.34. The van der Waals surface area contributed by atoms with E-state index in [0.717, 1.165) is 23.3 Å². The Labute approximate surface area is 104 Å². The summed E-state index contributed by atoms with van der Waals surface area (Å²) in [6.45, 7) is 0.571. The maximum absolute atomic E-state index is 5.63. The molecule has 0 aliphatic heterocycles. The van der Waals surface area contributed by atoms with Crippen molar-refractivity contribution >= 4 is 16.9 Å². The van der Waals surface area contributed by atoms with Crippen molar-refractivity contribution in [1.29, 1.82) is 0 Å². The Hall–Kier alpha value is -1.65. The van der Waals surface area contributed by atoms with Crippen LogP contribution in [0.3, 0.4) is 0 Å². The van der Waals surface area contributed by atoms with Gasteiger partial charge in [0.2, 0.25) is 0 Å². The molecule has 0 unspecified atom stereocenters. The van der Waals surface area contributed by atoms with E-state index < -0.39 is 0 Å². The summed E-state index contributed by atoms with van der Waals surface area (Å²) in [5.74, 6) is 1.08. The molecule has 0 spiro atoms. The van der Waals surface area contributed by atoms with E-state index in [2.05, 4.69) is 33.0 Å². The van der Waals surface area contributed by atoms with Gasteiger partial charge in [-0.05, 0) is 29.1 Å². The predicted octanol–water partition coefficient (Wildman–Crippen LogP) is 2.45. The Balaban J connectivity index is 2.00. The Morgan fingerprint density at radius 3 is 3.06 bits per heavy atom. The summed E-state index contributed by atoms with van der Waals surface area (Å²) < 4.78 is 2.12. The van der Waals surface area contributed by atoms with Crippen LogP contribution in [0.4, 0.5) is 0 Å². The third-order valence-electron chi connectivity index (χ3n) is 2.82. The van der Waals surface area contributed by atoms with E-state index >= 15 is 0 Å². The second kappa shape index (κ2) is 4.31. The zero-order valence-corrected chi connectivity index (χ0v) is 10.2. The number of imidazole rings is 1. The molecule has 0 radical (unpaired) electrons. The lowest BCUT2D eigenvalue weighted by molar-refractivity contribution is 0.964. The van der Waals surface area contributed by atoms with Gasteiger partial charge < -0.3 is 10.1 Å². The molecule has 0 aromatic carbocycles. The van der Waals surface area contributed by atoms with Gasteiger partial charge in [-0.2, -0.15) is 0 Å². The van der Waals surface area contributed by atoms with Crippen molar-refractivity contribution in [3.05, 3.63) is 58.3 Å². The zero-order chi connectivity index (χ0) is 11.7. The highest BCUT2D eigenvalue weighted by Gasteiger charge is 2.05. The van der Waals surface area contributed by atoms with Crippen LogP contribution in [0.15, 0.2) is 42.0 Å². The molecule has 0 bridgehead atoms. The van der Waals surface area contributed by atoms with Gasteiger partial charge in [0.1, 0.15) is 5.82 Å². The summed E-state index contributed by atoms with van der Waals surface area (Å²) >= 11 is 1.76. The lowest BCUT2D eigenvalue weighted by atomic mass is 10.2. The van der Waals surface area contributed by atoms with Crippen LogP contribution in [0.1, 0.15) is 16.3 Å². The van der Waals surface area contributed by atoms with Crippen LogP contribution in [0, 0.1) is 0 Å². The van der Waals surface area contributed by atoms with Crippen molar-refractivity contribution in [3.8, 4) is 0 Å². The number of hydrogen-bond acceptors (Lipinski definition) is 3. The molecule has 3 aromatic rings. The molecule has 3 nitrogen and oxygen atoms in total. The lowest BCUT2D eigenvalue weighted by Gasteiger charge is -2.01. The largest absolute Gasteiger partial charge is 0.326 e. The molecule has 0 saturated carbocycles. The van der Waals surface area contributed by atoms with E-state index in [0.29, 0.717) is 6.54 Å². The number of pyridine rings is 1. The monoisotopic (exact) mass is 243 g/mol. The fraction of sp³-hybridized carbons (Fsp3) is 0.154. The van der Waals surface area contributed by atoms with Gasteiger partial charge in [-0.1, -0.05) is 6.07 Å². The van der Waals surface area contributed by atoms with Crippen LogP contribution < -0.4 is 5.73 Å². The van der Waals surface area contributed by atoms with Crippen LogP contribution in [-0.2, 0) is 13.0 Å². The summed E-state index contributed by atoms with van der Waals surface area (Å²) in [7, 11) is 0. The van der Waals surface area contributed by atoms with Crippen molar-refractivity contribution < 1.29 is 0 Å². The Kier molecular flexibility index (Phi) is 2.66. The smallest absolute Gasteiger partial charge is 0.118 e. The van der Waals surface area contributed by atoms with Gasteiger partial charge in [0.05, 0.1) is 11.7 Å². The van der Waals surface area contributed by atoms with E-state index in [1.807, 2.05) is 18.5 Å². The predicted molar refractivity (Wildman–Crippen MR) is 70.2 cm³/mol. The molecule has 4 heteroatoms. The SMILES string of the molecule is NCc1ccn2c(Cc3cccs3)ncc2c1. The van der Waals surface area contributed by atoms with E-state index in [1.165, 1.54) is 4.88 Å². The average molecular weight is 243 g/mol. The first-order valence-corrected chi connectivity index (χ1v) is 6.42. The molecule has 86 valence electrons. The van der Waals surface area contributed by atoms with Gasteiger partial charge in [0.15, 0.2) is 0 Å². The first kappa shape index (κ1) is 10.5. The summed E-state index contributed by atoms with van der Waals surface area (Å²) in [5.41, 5.74) is 7.88. The number of nitrogens with zero attached hydrogens (tertiary/aromatic N) is 2. The van der Waals surface area contributed by atoms with Crippen LogP contribution in [-0.4, -0.2) is 9.38 Å². The number of nitrogens with two attached hydrogens (primary N) is 1. The van der Waals surface area contributed by atoms with Gasteiger partial charge in [-0.25, -0.2) is 4.98 Å². The van der Waals surface area contributed by atoms with Crippen molar-refractivity contribution in [1.82, 2.24) is 9.38 Å². The van der Waals surface area contributed by atoms with Gasteiger partial charge in [0, 0.05) is 24.0 Å². The summed E-state index contributed by atoms with van der Waals surface area (Å²) in [6, 6.07) is 8.35. The number of fused-ring (bicyclic) bond motifs is 1. The van der Waals surface area contributed by atoms with E-state index in [4.69, 9.17) is 5.73 Å². The first-order valence-electron chi connectivity index (χ1n) is 5.54. The van der Waals surface area contributed by atoms with Crippen molar-refractivity contribution in [3.63, 3.8) is 0 Å². The second-order valence-electron chi connectivity index (χ2n) is 3.96. The minimum atomic E-state index is 0.571. The molecule has 3 aromatic heterocycles. The fourth-order valence-corrected chi connectivity index (χ4v) is 2.63. The highest BCUT2D eigenvalue weighted by Crippen LogP contribution is 2.16. The molecule has 0 aliphatic carbocycles. The highest BCUT2D eigenvalue weighted by molar-refractivity contribution is 7.09. The molecule has 0 fully saturated rings. The van der Waals surface area contributed by atoms with Crippen molar-refractivity contribution in [2.75, 3.05) is 0 Å². The number of hydrogen-bond donors (Lipinski definition) is 1. The molecular weight excluding hydrogens is 230 g/mol. The van der Waals surface area contributed by atoms with E-state index in [9.17, 15) is 0 Å². The summed E-state index contributed by atoms with van der Waals surface area (Å²) in [6.07, 6.45) is 4.84. The van der Waals surface area contributed by atoms with Crippen LogP contribution in [0.2, 0.25) is 0 Å². The van der Waals surface area contributed by atoms with Crippen LogP contribution in [0.5, 0.6) is 0 Å². The van der Waals surface area contributed by atoms with E-state index in [-0.39, 0.29) is 0 Å². The highest BCUT2D eigenvalue weighted by atomic mass is 32.1. The van der Waals surface area contributed by atoms with Crippen molar-refractivity contribution in [2.45, 2.75) is 13.0 Å². The Bertz CT molecular complexity index is 625. The Morgan fingerprint density at radius 2 is 2.29 bits per heavy atom. The molecule has 2 N–H and O–H groups in total. The molecule has 0 aliphatic rings. The molecule has 0 atom stereocenters. The lowest BCUT2D eigenvalue weighted by Crippen LogP contribution is -1.99. The quantitative estimate of drug-likeness (QED) is 0.768. The molecular formula is C13H13N3S. The maximum Gasteiger partial charge on any atom is 0.118 e. The molecule has 17 heavy (non-hydrogen) atoms. The number of aromatic nitrogens is 2. The van der Waals surface area contributed by atoms with Gasteiger partial charge >= 0.3 is 0 Å². The molecule has 3 rings (SSSR count). The Morgan fingerprint density at radius 1 is 1.35 bits per heavy atom. The van der Waals surface area contributed by atoms with Gasteiger partial charge in [-0.3, -0.25) is 0 Å². The van der Waals surface area contributed by atoms with E-state index in [1.54, 1.807) is 11.3 Å². The molecule has 0 amide bonds. The minimum absolute atomic E-state index is 0.571. The van der Waals surface area contributed by atoms with Gasteiger partial charge in [-0.15, -0.1) is 11.3 Å². The topological polar surface area (TPSA) is 43.3 Å². The van der Waals surface area contributed by atoms with Crippen molar-refractivity contribution in [2.24, 2.45) is 5.73 Å². The second-order valence-corrected chi connectivity index (χ2v) is 5.00. The average Bonchev–Trinajstić information content (AvgIpc) is 2.99. The third-order valence-corrected chi connectivity index (χ3v) is 3.70. The fourth-order valence-electron chi connectivity index (χ4n) is 1.93. The third kappa shape index (κ3) is 1.97. The maximum atomic E-state index is 5.63. The number of thiophene rings is 1. The number of rotatable bonds is 3. The van der Waals surface area contributed by atoms with Gasteiger partial charge in [0.25, 0.3) is 0 Å². The molecule has 3 heterocycles. The minimum Gasteiger partial charge on any atom is -0.326 e. The van der Waals surface area contributed by atoms with Crippen LogP contribution >= 0.6 is 11.3 Å². The normalized spacial score (nSPS) is 11.1. The first-order chi connectivity index (χ1) is 8.36.